The van der Waals surface area contributed by atoms with Crippen molar-refractivity contribution in [2.24, 2.45) is 17.4 Å². The number of hydrogen-bond donors (Lipinski definition) is 2. The van der Waals surface area contributed by atoms with E-state index in [2.05, 4.69) is 0 Å². The fourth-order valence-corrected chi connectivity index (χ4v) is 1.54. The van der Waals surface area contributed by atoms with Crippen molar-refractivity contribution in [2.45, 2.75) is 19.4 Å². The Morgan fingerprint density at radius 3 is 2.83 bits per heavy atom. The van der Waals surface area contributed by atoms with Crippen LogP contribution in [0.1, 0.15) is 13.3 Å². The summed E-state index contributed by atoms with van der Waals surface area (Å²) in [5, 5.41) is 0. The van der Waals surface area contributed by atoms with Gasteiger partial charge in [0.15, 0.2) is 0 Å². The van der Waals surface area contributed by atoms with Gasteiger partial charge in [0.2, 0.25) is 5.91 Å². The van der Waals surface area contributed by atoms with Crippen molar-refractivity contribution in [3.05, 3.63) is 0 Å². The van der Waals surface area contributed by atoms with E-state index in [9.17, 15) is 4.79 Å². The molecular weight excluding hydrogens is 154 g/mol. The van der Waals surface area contributed by atoms with Crippen molar-refractivity contribution in [1.82, 2.24) is 4.90 Å². The number of hydrogen-bond acceptors (Lipinski definition) is 3. The summed E-state index contributed by atoms with van der Waals surface area (Å²) < 4.78 is 0. The summed E-state index contributed by atoms with van der Waals surface area (Å²) in [6.45, 7) is 3.95. The van der Waals surface area contributed by atoms with Gasteiger partial charge < -0.3 is 16.4 Å². The minimum atomic E-state index is 0.0606. The first kappa shape index (κ1) is 9.48. The fourth-order valence-electron chi connectivity index (χ4n) is 1.54. The highest BCUT2D eigenvalue weighted by Gasteiger charge is 2.28. The second-order valence-corrected chi connectivity index (χ2v) is 3.58. The van der Waals surface area contributed by atoms with E-state index in [0.29, 0.717) is 25.4 Å². The molecule has 0 aromatic carbocycles. The van der Waals surface area contributed by atoms with Crippen LogP contribution in [0.2, 0.25) is 0 Å². The molecule has 1 aliphatic heterocycles. The molecule has 2 atom stereocenters. The highest BCUT2D eigenvalue weighted by Crippen LogP contribution is 2.15. The molecule has 1 aliphatic rings. The lowest BCUT2D eigenvalue weighted by molar-refractivity contribution is -0.127. The molecule has 4 N–H and O–H groups in total. The molecule has 1 amide bonds. The minimum absolute atomic E-state index is 0.0606. The molecule has 2 unspecified atom stereocenters. The SMILES string of the molecule is CC(N)CN1CC(CN)CC1=O. The second-order valence-electron chi connectivity index (χ2n) is 3.58. The molecule has 12 heavy (non-hydrogen) atoms. The molecular formula is C8H17N3O. The third-order valence-electron chi connectivity index (χ3n) is 2.14. The van der Waals surface area contributed by atoms with Crippen LogP contribution in [0.5, 0.6) is 0 Å². The quantitative estimate of drug-likeness (QED) is 0.580. The monoisotopic (exact) mass is 171 g/mol. The average molecular weight is 171 g/mol. The number of nitrogens with zero attached hydrogens (tertiary/aromatic N) is 1. The number of nitrogens with two attached hydrogens (primary N) is 2. The summed E-state index contributed by atoms with van der Waals surface area (Å²) in [7, 11) is 0. The third kappa shape index (κ3) is 2.19. The van der Waals surface area contributed by atoms with E-state index in [4.69, 9.17) is 11.5 Å². The molecule has 0 saturated carbocycles. The van der Waals surface area contributed by atoms with Gasteiger partial charge in [0.1, 0.15) is 0 Å². The molecule has 4 heteroatoms. The van der Waals surface area contributed by atoms with Gasteiger partial charge in [-0.3, -0.25) is 4.79 Å². The zero-order valence-corrected chi connectivity index (χ0v) is 7.49. The van der Waals surface area contributed by atoms with Crippen molar-refractivity contribution in [2.75, 3.05) is 19.6 Å². The van der Waals surface area contributed by atoms with Gasteiger partial charge in [0.25, 0.3) is 0 Å². The Balaban J connectivity index is 2.41. The van der Waals surface area contributed by atoms with Crippen LogP contribution in [0, 0.1) is 5.92 Å². The van der Waals surface area contributed by atoms with E-state index in [1.165, 1.54) is 0 Å². The molecule has 0 radical (unpaired) electrons. The number of carbonyl (C=O) groups excluding carboxylic acids is 1. The summed E-state index contributed by atoms with van der Waals surface area (Å²) in [5.41, 5.74) is 11.1. The van der Waals surface area contributed by atoms with E-state index >= 15 is 0 Å². The zero-order chi connectivity index (χ0) is 9.14. The van der Waals surface area contributed by atoms with Gasteiger partial charge in [-0.05, 0) is 19.4 Å². The maximum Gasteiger partial charge on any atom is 0.223 e. The highest BCUT2D eigenvalue weighted by molar-refractivity contribution is 5.78. The van der Waals surface area contributed by atoms with E-state index in [1.807, 2.05) is 11.8 Å². The second kappa shape index (κ2) is 3.87. The lowest BCUT2D eigenvalue weighted by Gasteiger charge is -2.18. The van der Waals surface area contributed by atoms with Crippen LogP contribution in [0.4, 0.5) is 0 Å². The Morgan fingerprint density at radius 2 is 2.42 bits per heavy atom. The van der Waals surface area contributed by atoms with Gasteiger partial charge in [-0.25, -0.2) is 0 Å². The van der Waals surface area contributed by atoms with Crippen molar-refractivity contribution >= 4 is 5.91 Å². The predicted octanol–water partition coefficient (Wildman–Crippen LogP) is -0.859. The Hall–Kier alpha value is -0.610. The first-order valence-electron chi connectivity index (χ1n) is 4.37. The molecule has 1 heterocycles. The predicted molar refractivity (Wildman–Crippen MR) is 47.4 cm³/mol. The lowest BCUT2D eigenvalue weighted by atomic mass is 10.1. The van der Waals surface area contributed by atoms with Crippen LogP contribution < -0.4 is 11.5 Å². The van der Waals surface area contributed by atoms with Crippen LogP contribution in [-0.2, 0) is 4.79 Å². The van der Waals surface area contributed by atoms with Gasteiger partial charge >= 0.3 is 0 Å². The summed E-state index contributed by atoms with van der Waals surface area (Å²) in [4.78, 5) is 13.1. The lowest BCUT2D eigenvalue weighted by Crippen LogP contribution is -2.36. The Kier molecular flexibility index (Phi) is 3.05. The van der Waals surface area contributed by atoms with E-state index in [-0.39, 0.29) is 11.9 Å². The molecule has 0 spiro atoms. The first-order chi connectivity index (χ1) is 5.63. The number of carbonyl (C=O) groups is 1. The third-order valence-corrected chi connectivity index (χ3v) is 2.14. The van der Waals surface area contributed by atoms with Gasteiger partial charge in [-0.2, -0.15) is 0 Å². The van der Waals surface area contributed by atoms with Gasteiger partial charge in [0, 0.05) is 25.6 Å². The average Bonchev–Trinajstić information content (AvgIpc) is 2.31. The smallest absolute Gasteiger partial charge is 0.223 e. The van der Waals surface area contributed by atoms with Crippen molar-refractivity contribution < 1.29 is 4.79 Å². The summed E-state index contributed by atoms with van der Waals surface area (Å²) in [5.74, 6) is 0.541. The van der Waals surface area contributed by atoms with Crippen LogP contribution >= 0.6 is 0 Å². The highest BCUT2D eigenvalue weighted by atomic mass is 16.2. The topological polar surface area (TPSA) is 72.3 Å². The summed E-state index contributed by atoms with van der Waals surface area (Å²) >= 11 is 0. The molecule has 70 valence electrons. The summed E-state index contributed by atoms with van der Waals surface area (Å²) in [6.07, 6.45) is 0.600. The van der Waals surface area contributed by atoms with Gasteiger partial charge in [-0.1, -0.05) is 0 Å². The fraction of sp³-hybridized carbons (Fsp3) is 0.875. The molecule has 0 aromatic rings. The Bertz CT molecular complexity index is 170. The molecule has 0 bridgehead atoms. The number of amides is 1. The van der Waals surface area contributed by atoms with Crippen molar-refractivity contribution in [1.29, 1.82) is 0 Å². The molecule has 0 aliphatic carbocycles. The van der Waals surface area contributed by atoms with Gasteiger partial charge in [-0.15, -0.1) is 0 Å². The van der Waals surface area contributed by atoms with Crippen LogP contribution in [0.25, 0.3) is 0 Å². The maximum absolute atomic E-state index is 11.3. The molecule has 0 aromatic heterocycles. The largest absolute Gasteiger partial charge is 0.341 e. The zero-order valence-electron chi connectivity index (χ0n) is 7.49. The number of rotatable bonds is 3. The summed E-state index contributed by atoms with van der Waals surface area (Å²) in [6, 6.07) is 0.0606. The van der Waals surface area contributed by atoms with E-state index in [0.717, 1.165) is 6.54 Å². The maximum atomic E-state index is 11.3. The standard InChI is InChI=1S/C8H17N3O/c1-6(10)4-11-5-7(3-9)2-8(11)12/h6-7H,2-5,9-10H2,1H3. The van der Waals surface area contributed by atoms with E-state index in [1.54, 1.807) is 0 Å². The van der Waals surface area contributed by atoms with Crippen LogP contribution in [0.3, 0.4) is 0 Å². The Morgan fingerprint density at radius 1 is 1.75 bits per heavy atom. The van der Waals surface area contributed by atoms with Crippen molar-refractivity contribution in [3.8, 4) is 0 Å². The van der Waals surface area contributed by atoms with E-state index < -0.39 is 0 Å². The van der Waals surface area contributed by atoms with Crippen molar-refractivity contribution in [3.63, 3.8) is 0 Å². The normalized spacial score (nSPS) is 26.4. The van der Waals surface area contributed by atoms with Crippen LogP contribution in [-0.4, -0.2) is 36.5 Å². The number of likely N-dealkylation sites (tertiary alicyclic amines) is 1. The first-order valence-corrected chi connectivity index (χ1v) is 4.37. The van der Waals surface area contributed by atoms with Gasteiger partial charge in [0.05, 0.1) is 0 Å². The van der Waals surface area contributed by atoms with Crippen LogP contribution in [0.15, 0.2) is 0 Å². The molecule has 1 saturated heterocycles. The molecule has 1 fully saturated rings. The Labute approximate surface area is 72.9 Å². The minimum Gasteiger partial charge on any atom is -0.341 e. The molecule has 4 nitrogen and oxygen atoms in total. The molecule has 1 rings (SSSR count).